The molecule has 0 aliphatic carbocycles. The van der Waals surface area contributed by atoms with Crippen LogP contribution in [0.4, 0.5) is 13.4 Å². The van der Waals surface area contributed by atoms with E-state index >= 15 is 0 Å². The van der Waals surface area contributed by atoms with E-state index in [1.165, 1.54) is 0 Å². The van der Waals surface area contributed by atoms with E-state index in [2.05, 4.69) is 9.31 Å². The van der Waals surface area contributed by atoms with Gasteiger partial charge in [0.15, 0.2) is 0 Å². The van der Waals surface area contributed by atoms with Gasteiger partial charge in [-0.15, -0.1) is 0 Å². The van der Waals surface area contributed by atoms with Crippen LogP contribution in [0.1, 0.15) is 0 Å². The van der Waals surface area contributed by atoms with Crippen molar-refractivity contribution in [2.45, 2.75) is 0 Å². The standard InChI is InChI=1S/CH2B2F2O5/c4-2(7)9-1(6)10-3(5)8/h7-8H. The number of carbonyl (C=O) groups is 1. The van der Waals surface area contributed by atoms with Crippen LogP contribution in [0.2, 0.25) is 0 Å². The van der Waals surface area contributed by atoms with Crippen molar-refractivity contribution < 1.29 is 32.8 Å². The Labute approximate surface area is 54.9 Å². The summed E-state index contributed by atoms with van der Waals surface area (Å²) >= 11 is 0. The molecule has 0 aromatic rings. The lowest BCUT2D eigenvalue weighted by Gasteiger charge is -2.00. The predicted molar refractivity (Wildman–Crippen MR) is 25.7 cm³/mol. The van der Waals surface area contributed by atoms with Crippen LogP contribution in [-0.2, 0) is 9.31 Å². The van der Waals surface area contributed by atoms with E-state index < -0.39 is 20.9 Å². The van der Waals surface area contributed by atoms with Crippen LogP contribution in [0.3, 0.4) is 0 Å². The van der Waals surface area contributed by atoms with Crippen molar-refractivity contribution in [2.75, 3.05) is 0 Å². The first-order chi connectivity index (χ1) is 4.52. The van der Waals surface area contributed by atoms with E-state index in [1.54, 1.807) is 0 Å². The van der Waals surface area contributed by atoms with Gasteiger partial charge in [-0.25, -0.2) is 13.4 Å². The first kappa shape index (κ1) is 9.18. The first-order valence-electron chi connectivity index (χ1n) is 2.04. The molecule has 0 radical (unpaired) electrons. The molecule has 0 amide bonds. The molecule has 56 valence electrons. The topological polar surface area (TPSA) is 76.0 Å². The summed E-state index contributed by atoms with van der Waals surface area (Å²) in [5.41, 5.74) is 0. The zero-order valence-electron chi connectivity index (χ0n) is 4.53. The lowest BCUT2D eigenvalue weighted by atomic mass is 10.3. The number of hydrogen-bond acceptors (Lipinski definition) is 5. The summed E-state index contributed by atoms with van der Waals surface area (Å²) in [5.74, 6) is 0. The van der Waals surface area contributed by atoms with Gasteiger partial charge in [-0.05, 0) is 0 Å². The highest BCUT2D eigenvalue weighted by Crippen LogP contribution is 1.91. The molecule has 0 spiro atoms. The Balaban J connectivity index is 3.44. The summed E-state index contributed by atoms with van der Waals surface area (Å²) < 4.78 is 28.8. The van der Waals surface area contributed by atoms with Gasteiger partial charge < -0.3 is 19.4 Å². The van der Waals surface area contributed by atoms with Crippen LogP contribution in [0.5, 0.6) is 0 Å². The highest BCUT2D eigenvalue weighted by atomic mass is 19.1. The molecule has 0 saturated heterocycles. The van der Waals surface area contributed by atoms with Crippen molar-refractivity contribution in [3.05, 3.63) is 0 Å². The van der Waals surface area contributed by atoms with Gasteiger partial charge in [-0.2, -0.15) is 0 Å². The van der Waals surface area contributed by atoms with Crippen LogP contribution < -0.4 is 0 Å². The fourth-order valence-electron chi connectivity index (χ4n) is 0.187. The van der Waals surface area contributed by atoms with Gasteiger partial charge in [0.1, 0.15) is 0 Å². The highest BCUT2D eigenvalue weighted by molar-refractivity contribution is 6.39. The molecule has 0 aliphatic heterocycles. The molecule has 0 heterocycles. The molecular weight excluding hydrogens is 152 g/mol. The summed E-state index contributed by atoms with van der Waals surface area (Å²) in [6, 6.07) is 0. The van der Waals surface area contributed by atoms with Crippen molar-refractivity contribution in [1.82, 2.24) is 0 Å². The summed E-state index contributed by atoms with van der Waals surface area (Å²) in [6.45, 7) is 0. The van der Waals surface area contributed by atoms with E-state index in [-0.39, 0.29) is 0 Å². The Morgan fingerprint density at radius 2 is 1.50 bits per heavy atom. The molecule has 0 rings (SSSR count). The normalized spacial score (nSPS) is 8.40. The fourth-order valence-corrected chi connectivity index (χ4v) is 0.187. The number of hydrogen-bond donors (Lipinski definition) is 2. The minimum atomic E-state index is -2.88. The Kier molecular flexibility index (Phi) is 3.74. The molecule has 2 N–H and O–H groups in total. The molecule has 0 atom stereocenters. The lowest BCUT2D eigenvalue weighted by Crippen LogP contribution is -2.23. The van der Waals surface area contributed by atoms with Crippen LogP contribution in [0.15, 0.2) is 0 Å². The molecular formula is CH2B2F2O5. The van der Waals surface area contributed by atoms with Gasteiger partial charge in [-0.3, -0.25) is 0 Å². The largest absolute Gasteiger partial charge is 0.756 e. The SMILES string of the molecule is O=C(OB(O)F)OB(O)F. The average Bonchev–Trinajstić information content (AvgIpc) is 1.58. The summed E-state index contributed by atoms with van der Waals surface area (Å²) in [4.78, 5) is 9.82. The third kappa shape index (κ3) is 5.32. The quantitative estimate of drug-likeness (QED) is 0.500. The molecule has 0 aliphatic rings. The molecule has 0 aromatic heterocycles. The maximum absolute atomic E-state index is 11.2. The lowest BCUT2D eigenvalue weighted by molar-refractivity contribution is 0.120. The Hall–Kier alpha value is -0.820. The number of halogens is 2. The van der Waals surface area contributed by atoms with Crippen molar-refractivity contribution in [1.29, 1.82) is 0 Å². The monoisotopic (exact) mass is 154 g/mol. The molecule has 0 aromatic carbocycles. The fraction of sp³-hybridized carbons (Fsp3) is 0. The third-order valence-corrected chi connectivity index (χ3v) is 0.387. The molecule has 0 bridgehead atoms. The number of rotatable bonds is 2. The van der Waals surface area contributed by atoms with Crippen LogP contribution in [0, 0.1) is 0 Å². The Morgan fingerprint density at radius 3 is 1.70 bits per heavy atom. The van der Waals surface area contributed by atoms with Crippen molar-refractivity contribution in [3.63, 3.8) is 0 Å². The van der Waals surface area contributed by atoms with E-state index in [1.807, 2.05) is 0 Å². The van der Waals surface area contributed by atoms with Crippen LogP contribution in [-0.4, -0.2) is 31.0 Å². The molecule has 0 unspecified atom stereocenters. The molecule has 10 heavy (non-hydrogen) atoms. The smallest absolute Gasteiger partial charge is 0.450 e. The summed E-state index contributed by atoms with van der Waals surface area (Å²) in [7, 11) is -5.77. The van der Waals surface area contributed by atoms with Crippen molar-refractivity contribution in [2.24, 2.45) is 0 Å². The Bertz CT molecular complexity index is 104. The second-order valence-electron chi connectivity index (χ2n) is 1.07. The van der Waals surface area contributed by atoms with E-state index in [4.69, 9.17) is 10.0 Å². The van der Waals surface area contributed by atoms with Gasteiger partial charge in [0.2, 0.25) is 0 Å². The van der Waals surface area contributed by atoms with E-state index in [9.17, 15) is 13.4 Å². The molecule has 0 fully saturated rings. The summed E-state index contributed by atoms with van der Waals surface area (Å²) in [6.07, 6.45) is -1.84. The van der Waals surface area contributed by atoms with Crippen molar-refractivity contribution in [3.8, 4) is 0 Å². The maximum Gasteiger partial charge on any atom is 0.756 e. The van der Waals surface area contributed by atoms with E-state index in [0.717, 1.165) is 0 Å². The Morgan fingerprint density at radius 1 is 1.20 bits per heavy atom. The van der Waals surface area contributed by atoms with Crippen molar-refractivity contribution >= 4 is 20.9 Å². The minimum Gasteiger partial charge on any atom is -0.450 e. The molecule has 5 nitrogen and oxygen atoms in total. The molecule has 9 heteroatoms. The summed E-state index contributed by atoms with van der Waals surface area (Å²) in [5, 5.41) is 15.3. The number of carbonyl (C=O) groups excluding carboxylic acids is 1. The zero-order valence-corrected chi connectivity index (χ0v) is 4.53. The second-order valence-corrected chi connectivity index (χ2v) is 1.07. The molecule has 0 saturated carbocycles. The maximum atomic E-state index is 11.2. The van der Waals surface area contributed by atoms with Gasteiger partial charge in [0, 0.05) is 0 Å². The van der Waals surface area contributed by atoms with Gasteiger partial charge >= 0.3 is 20.9 Å². The first-order valence-corrected chi connectivity index (χ1v) is 2.04. The van der Waals surface area contributed by atoms with Crippen LogP contribution in [0.25, 0.3) is 0 Å². The second kappa shape index (κ2) is 4.07. The zero-order chi connectivity index (χ0) is 8.15. The van der Waals surface area contributed by atoms with Gasteiger partial charge in [0.05, 0.1) is 0 Å². The van der Waals surface area contributed by atoms with Crippen LogP contribution >= 0.6 is 0 Å². The third-order valence-electron chi connectivity index (χ3n) is 0.387. The predicted octanol–water partition coefficient (Wildman–Crippen LogP) is -0.967. The van der Waals surface area contributed by atoms with Gasteiger partial charge in [0.25, 0.3) is 0 Å². The average molecular weight is 154 g/mol. The highest BCUT2D eigenvalue weighted by Gasteiger charge is 2.25. The minimum absolute atomic E-state index is 1.84. The van der Waals surface area contributed by atoms with E-state index in [0.29, 0.717) is 0 Å². The van der Waals surface area contributed by atoms with Gasteiger partial charge in [-0.1, -0.05) is 0 Å².